The average Bonchev–Trinajstić information content (AvgIpc) is 3.11. The monoisotopic (exact) mass is 554 g/mol. The van der Waals surface area contributed by atoms with Gasteiger partial charge in [0.25, 0.3) is 10.0 Å². The van der Waals surface area contributed by atoms with Crippen LogP contribution in [0.4, 0.5) is 4.39 Å². The maximum Gasteiger partial charge on any atom is 0.252 e. The molecule has 1 heterocycles. The fourth-order valence-corrected chi connectivity index (χ4v) is 4.94. The van der Waals surface area contributed by atoms with Crippen molar-refractivity contribution in [2.75, 3.05) is 27.7 Å². The Morgan fingerprint density at radius 3 is 2.48 bits per heavy atom. The van der Waals surface area contributed by atoms with E-state index in [-0.39, 0.29) is 35.2 Å². The number of nitrogens with one attached hydrogen (secondary N) is 2. The minimum Gasteiger partial charge on any atom is -0.356 e. The van der Waals surface area contributed by atoms with Crippen molar-refractivity contribution in [3.8, 4) is 0 Å². The highest BCUT2D eigenvalue weighted by Crippen LogP contribution is 2.24. The number of aliphatic imine (C=N–C) groups is 1. The van der Waals surface area contributed by atoms with Crippen molar-refractivity contribution in [3.05, 3.63) is 52.7 Å². The smallest absolute Gasteiger partial charge is 0.252 e. The van der Waals surface area contributed by atoms with Gasteiger partial charge in [0.2, 0.25) is 0 Å². The van der Waals surface area contributed by atoms with Crippen molar-refractivity contribution in [3.63, 3.8) is 0 Å². The third-order valence-electron chi connectivity index (χ3n) is 4.33. The second kappa shape index (κ2) is 10.7. The first-order valence-corrected chi connectivity index (χ1v) is 11.0. The molecule has 1 aromatic heterocycles. The zero-order valence-corrected chi connectivity index (χ0v) is 21.2. The Balaban J connectivity index is 0.00000420. The van der Waals surface area contributed by atoms with Crippen molar-refractivity contribution >= 4 is 51.3 Å². The highest BCUT2D eigenvalue weighted by atomic mass is 127. The Morgan fingerprint density at radius 2 is 1.90 bits per heavy atom. The normalized spacial score (nSPS) is 12.6. The highest BCUT2D eigenvalue weighted by molar-refractivity contribution is 14.0. The van der Waals surface area contributed by atoms with Crippen LogP contribution in [0.25, 0.3) is 0 Å². The molecule has 0 atom stereocenters. The van der Waals surface area contributed by atoms with Gasteiger partial charge in [0.1, 0.15) is 10.0 Å². The van der Waals surface area contributed by atoms with Crippen LogP contribution in [-0.4, -0.2) is 46.4 Å². The van der Waals surface area contributed by atoms with Crippen LogP contribution in [-0.2, 0) is 22.0 Å². The summed E-state index contributed by atoms with van der Waals surface area (Å²) in [6.07, 6.45) is 0. The van der Waals surface area contributed by atoms with Gasteiger partial charge in [-0.15, -0.1) is 35.3 Å². The van der Waals surface area contributed by atoms with E-state index in [4.69, 9.17) is 0 Å². The van der Waals surface area contributed by atoms with Crippen LogP contribution in [0.5, 0.6) is 0 Å². The van der Waals surface area contributed by atoms with E-state index in [2.05, 4.69) is 15.6 Å². The molecule has 2 rings (SSSR count). The maximum atomic E-state index is 13.5. The lowest BCUT2D eigenvalue weighted by Gasteiger charge is -2.26. The maximum absolute atomic E-state index is 13.5. The van der Waals surface area contributed by atoms with Gasteiger partial charge in [-0.3, -0.25) is 4.99 Å². The first-order valence-electron chi connectivity index (χ1n) is 8.78. The second-order valence-corrected chi connectivity index (χ2v) is 10.7. The topological polar surface area (TPSA) is 73.8 Å². The van der Waals surface area contributed by atoms with Crippen molar-refractivity contribution in [2.24, 2.45) is 4.99 Å². The molecule has 6 nitrogen and oxygen atoms in total. The Bertz CT molecular complexity index is 943. The van der Waals surface area contributed by atoms with Gasteiger partial charge in [-0.1, -0.05) is 26.0 Å². The standard InChI is InChI=1S/C19H27FN4O2S2.HI/c1-19(2,14-7-6-8-15(20)11-14)13-23-18(21-3)22-12-16-9-10-17(27-16)28(25,26)24(4)5;/h6-11H,12-13H2,1-5H3,(H2,21,22,23);1H. The van der Waals surface area contributed by atoms with Crippen LogP contribution in [0.1, 0.15) is 24.3 Å². The molecule has 0 amide bonds. The molecule has 0 aliphatic heterocycles. The van der Waals surface area contributed by atoms with Crippen LogP contribution in [0.15, 0.2) is 45.6 Å². The summed E-state index contributed by atoms with van der Waals surface area (Å²) in [5, 5.41) is 6.43. The summed E-state index contributed by atoms with van der Waals surface area (Å²) in [7, 11) is 1.28. The summed E-state index contributed by atoms with van der Waals surface area (Å²) in [6.45, 7) is 5.06. The van der Waals surface area contributed by atoms with E-state index in [0.29, 0.717) is 23.3 Å². The molecule has 0 unspecified atom stereocenters. The van der Waals surface area contributed by atoms with E-state index in [1.807, 2.05) is 19.9 Å². The van der Waals surface area contributed by atoms with Crippen LogP contribution in [0, 0.1) is 5.82 Å². The number of thiophene rings is 1. The molecule has 10 heteroatoms. The van der Waals surface area contributed by atoms with Crippen LogP contribution in [0.3, 0.4) is 0 Å². The van der Waals surface area contributed by atoms with Gasteiger partial charge in [-0.25, -0.2) is 17.1 Å². The minimum atomic E-state index is -3.42. The third kappa shape index (κ3) is 6.90. The first kappa shape index (κ1) is 25.8. The SMILES string of the molecule is CN=C(NCc1ccc(S(=O)(=O)N(C)C)s1)NCC(C)(C)c1cccc(F)c1.I. The number of sulfonamides is 1. The van der Waals surface area contributed by atoms with Gasteiger partial charge in [0, 0.05) is 38.0 Å². The second-order valence-electron chi connectivity index (χ2n) is 7.18. The van der Waals surface area contributed by atoms with E-state index in [0.717, 1.165) is 10.4 Å². The van der Waals surface area contributed by atoms with Gasteiger partial charge in [-0.05, 0) is 29.8 Å². The molecule has 162 valence electrons. The van der Waals surface area contributed by atoms with E-state index in [9.17, 15) is 12.8 Å². The number of nitrogens with zero attached hydrogens (tertiary/aromatic N) is 2. The number of halogens is 2. The first-order chi connectivity index (χ1) is 13.1. The highest BCUT2D eigenvalue weighted by Gasteiger charge is 2.22. The lowest BCUT2D eigenvalue weighted by Crippen LogP contribution is -2.43. The zero-order chi connectivity index (χ0) is 20.9. The molecular weight excluding hydrogens is 526 g/mol. The van der Waals surface area contributed by atoms with Crippen molar-refractivity contribution in [1.29, 1.82) is 0 Å². The number of hydrogen-bond donors (Lipinski definition) is 2. The number of guanidine groups is 1. The lowest BCUT2D eigenvalue weighted by atomic mass is 9.84. The van der Waals surface area contributed by atoms with Gasteiger partial charge < -0.3 is 10.6 Å². The predicted octanol–water partition coefficient (Wildman–Crippen LogP) is 3.40. The summed E-state index contributed by atoms with van der Waals surface area (Å²) in [6, 6.07) is 9.97. The van der Waals surface area contributed by atoms with E-state index < -0.39 is 10.0 Å². The van der Waals surface area contributed by atoms with Crippen LogP contribution < -0.4 is 10.6 Å². The fourth-order valence-electron chi connectivity index (χ4n) is 2.48. The Kier molecular flexibility index (Phi) is 9.51. The summed E-state index contributed by atoms with van der Waals surface area (Å²) in [5.41, 5.74) is 0.600. The zero-order valence-electron chi connectivity index (χ0n) is 17.2. The van der Waals surface area contributed by atoms with Gasteiger partial charge in [0.05, 0.1) is 6.54 Å². The Morgan fingerprint density at radius 1 is 1.21 bits per heavy atom. The van der Waals surface area contributed by atoms with E-state index in [1.54, 1.807) is 25.2 Å². The van der Waals surface area contributed by atoms with Gasteiger partial charge in [-0.2, -0.15) is 0 Å². The largest absolute Gasteiger partial charge is 0.356 e. The molecule has 0 saturated heterocycles. The summed E-state index contributed by atoms with van der Waals surface area (Å²) < 4.78 is 39.3. The summed E-state index contributed by atoms with van der Waals surface area (Å²) in [5.74, 6) is 0.337. The number of hydrogen-bond acceptors (Lipinski definition) is 4. The van der Waals surface area contributed by atoms with E-state index in [1.165, 1.54) is 41.9 Å². The lowest BCUT2D eigenvalue weighted by molar-refractivity contribution is 0.503. The molecule has 0 aliphatic carbocycles. The predicted molar refractivity (Wildman–Crippen MR) is 128 cm³/mol. The minimum absolute atomic E-state index is 0. The number of benzene rings is 1. The molecule has 29 heavy (non-hydrogen) atoms. The number of rotatable bonds is 7. The Hall–Kier alpha value is -1.24. The van der Waals surface area contributed by atoms with Gasteiger partial charge >= 0.3 is 0 Å². The molecule has 0 radical (unpaired) electrons. The molecule has 1 aromatic carbocycles. The van der Waals surface area contributed by atoms with Crippen LogP contribution in [0.2, 0.25) is 0 Å². The van der Waals surface area contributed by atoms with Crippen molar-refractivity contribution in [2.45, 2.75) is 30.0 Å². The van der Waals surface area contributed by atoms with E-state index >= 15 is 0 Å². The molecule has 0 aliphatic rings. The molecule has 2 aromatic rings. The van der Waals surface area contributed by atoms with Crippen LogP contribution >= 0.6 is 35.3 Å². The average molecular weight is 554 g/mol. The molecule has 2 N–H and O–H groups in total. The summed E-state index contributed by atoms with van der Waals surface area (Å²) >= 11 is 1.23. The molecule has 0 saturated carbocycles. The molecule has 0 bridgehead atoms. The summed E-state index contributed by atoms with van der Waals surface area (Å²) in [4.78, 5) is 5.08. The molecule has 0 fully saturated rings. The third-order valence-corrected chi connectivity index (χ3v) is 7.70. The van der Waals surface area contributed by atoms with Crippen molar-refractivity contribution < 1.29 is 12.8 Å². The van der Waals surface area contributed by atoms with Crippen molar-refractivity contribution in [1.82, 2.24) is 14.9 Å². The Labute approximate surface area is 193 Å². The quantitative estimate of drug-likeness (QED) is 0.313. The molecular formula is C19H28FIN4O2S2. The molecule has 0 spiro atoms. The van der Waals surface area contributed by atoms with Gasteiger partial charge in [0.15, 0.2) is 5.96 Å². The fraction of sp³-hybridized carbons (Fsp3) is 0.421.